The number of rotatable bonds is 1. The fourth-order valence-corrected chi connectivity index (χ4v) is 3.21. The molecule has 0 aliphatic carbocycles. The summed E-state index contributed by atoms with van der Waals surface area (Å²) in [5.41, 5.74) is 0.978. The van der Waals surface area contributed by atoms with E-state index in [2.05, 4.69) is 9.88 Å². The first-order valence-corrected chi connectivity index (χ1v) is 6.41. The predicted molar refractivity (Wildman–Crippen MR) is 67.5 cm³/mol. The van der Waals surface area contributed by atoms with Crippen LogP contribution in [0.4, 0.5) is 5.13 Å². The monoisotopic (exact) mass is 254 g/mol. The Bertz CT molecular complexity index is 528. The van der Waals surface area contributed by atoms with Crippen molar-refractivity contribution in [1.82, 2.24) is 4.98 Å². The molecule has 1 aliphatic rings. The number of halogens is 1. The molecular weight excluding hydrogens is 244 g/mol. The van der Waals surface area contributed by atoms with Crippen LogP contribution in [0.1, 0.15) is 6.42 Å². The van der Waals surface area contributed by atoms with Crippen molar-refractivity contribution in [2.24, 2.45) is 0 Å². The molecule has 16 heavy (non-hydrogen) atoms. The molecule has 84 valence electrons. The number of aliphatic hydroxyl groups is 1. The molecule has 0 bridgehead atoms. The smallest absolute Gasteiger partial charge is 0.186 e. The van der Waals surface area contributed by atoms with Crippen LogP contribution in [0.5, 0.6) is 0 Å². The molecule has 0 spiro atoms. The van der Waals surface area contributed by atoms with Crippen LogP contribution in [0.3, 0.4) is 0 Å². The van der Waals surface area contributed by atoms with Crippen LogP contribution in [0.2, 0.25) is 5.02 Å². The summed E-state index contributed by atoms with van der Waals surface area (Å²) < 4.78 is 1.10. The highest BCUT2D eigenvalue weighted by Crippen LogP contribution is 2.32. The van der Waals surface area contributed by atoms with Crippen molar-refractivity contribution in [3.05, 3.63) is 23.2 Å². The number of β-amino-alcohol motifs (C(OH)–C–C–N with tert-alkyl or cyclic N) is 1. The molecular formula is C11H11ClN2OS. The van der Waals surface area contributed by atoms with Crippen LogP contribution in [-0.4, -0.2) is 29.3 Å². The van der Waals surface area contributed by atoms with Gasteiger partial charge in [-0.1, -0.05) is 22.9 Å². The lowest BCUT2D eigenvalue weighted by molar-refractivity contribution is 0.198. The van der Waals surface area contributed by atoms with Gasteiger partial charge in [0.15, 0.2) is 5.13 Å². The van der Waals surface area contributed by atoms with E-state index in [-0.39, 0.29) is 6.10 Å². The summed E-state index contributed by atoms with van der Waals surface area (Å²) in [5.74, 6) is 0. The van der Waals surface area contributed by atoms with E-state index >= 15 is 0 Å². The van der Waals surface area contributed by atoms with E-state index in [4.69, 9.17) is 11.6 Å². The Morgan fingerprint density at radius 2 is 2.38 bits per heavy atom. The third-order valence-corrected chi connectivity index (χ3v) is 4.09. The van der Waals surface area contributed by atoms with Gasteiger partial charge in [-0.25, -0.2) is 4.98 Å². The topological polar surface area (TPSA) is 36.4 Å². The van der Waals surface area contributed by atoms with Gasteiger partial charge in [-0.3, -0.25) is 0 Å². The van der Waals surface area contributed by atoms with Gasteiger partial charge < -0.3 is 10.0 Å². The molecule has 2 heterocycles. The van der Waals surface area contributed by atoms with Crippen molar-refractivity contribution in [3.8, 4) is 0 Å². The molecule has 1 aromatic carbocycles. The van der Waals surface area contributed by atoms with E-state index in [1.807, 2.05) is 18.2 Å². The molecule has 1 fully saturated rings. The molecule has 1 aliphatic heterocycles. The molecule has 0 amide bonds. The first-order valence-electron chi connectivity index (χ1n) is 5.21. The zero-order chi connectivity index (χ0) is 11.1. The van der Waals surface area contributed by atoms with Crippen LogP contribution >= 0.6 is 22.9 Å². The molecule has 5 heteroatoms. The second-order valence-electron chi connectivity index (χ2n) is 4.00. The maximum Gasteiger partial charge on any atom is 0.186 e. The quantitative estimate of drug-likeness (QED) is 0.850. The Balaban J connectivity index is 1.99. The Morgan fingerprint density at radius 3 is 3.12 bits per heavy atom. The molecule has 1 aromatic heterocycles. The molecule has 1 saturated heterocycles. The zero-order valence-corrected chi connectivity index (χ0v) is 10.1. The SMILES string of the molecule is O[C@H]1CCN(c2nc3ccc(Cl)cc3s2)C1. The number of aliphatic hydroxyl groups excluding tert-OH is 1. The van der Waals surface area contributed by atoms with E-state index in [9.17, 15) is 5.11 Å². The normalized spacial score (nSPS) is 20.9. The van der Waals surface area contributed by atoms with Crippen LogP contribution in [0.25, 0.3) is 10.2 Å². The van der Waals surface area contributed by atoms with Crippen molar-refractivity contribution < 1.29 is 5.11 Å². The van der Waals surface area contributed by atoms with E-state index in [1.54, 1.807) is 11.3 Å². The number of fused-ring (bicyclic) bond motifs is 1. The Hall–Kier alpha value is -0.840. The lowest BCUT2D eigenvalue weighted by Crippen LogP contribution is -2.20. The first kappa shape index (κ1) is 10.3. The standard InChI is InChI=1S/C11H11ClN2OS/c12-7-1-2-9-10(5-7)16-11(13-9)14-4-3-8(15)6-14/h1-2,5,8,15H,3-4,6H2/t8-/m0/s1. The number of hydrogen-bond acceptors (Lipinski definition) is 4. The molecule has 1 N–H and O–H groups in total. The number of anilines is 1. The molecule has 0 saturated carbocycles. The van der Waals surface area contributed by atoms with E-state index in [0.29, 0.717) is 6.54 Å². The minimum Gasteiger partial charge on any atom is -0.391 e. The summed E-state index contributed by atoms with van der Waals surface area (Å²) in [5, 5.41) is 11.2. The number of thiazole rings is 1. The summed E-state index contributed by atoms with van der Waals surface area (Å²) >= 11 is 7.57. The van der Waals surface area contributed by atoms with Gasteiger partial charge in [-0.05, 0) is 24.6 Å². The van der Waals surface area contributed by atoms with Gasteiger partial charge in [0.05, 0.1) is 16.3 Å². The van der Waals surface area contributed by atoms with E-state index in [1.165, 1.54) is 0 Å². The highest BCUT2D eigenvalue weighted by atomic mass is 35.5. The summed E-state index contributed by atoms with van der Waals surface area (Å²) in [4.78, 5) is 6.67. The van der Waals surface area contributed by atoms with E-state index < -0.39 is 0 Å². The average molecular weight is 255 g/mol. The van der Waals surface area contributed by atoms with Gasteiger partial charge in [0, 0.05) is 18.1 Å². The van der Waals surface area contributed by atoms with Gasteiger partial charge in [0.1, 0.15) is 0 Å². The molecule has 2 aromatic rings. The fourth-order valence-electron chi connectivity index (χ4n) is 1.94. The Labute approximate surface area is 102 Å². The second kappa shape index (κ2) is 3.87. The number of hydrogen-bond donors (Lipinski definition) is 1. The summed E-state index contributed by atoms with van der Waals surface area (Å²) in [6, 6.07) is 5.72. The van der Waals surface area contributed by atoms with Crippen molar-refractivity contribution in [1.29, 1.82) is 0 Å². The minimum atomic E-state index is -0.212. The lowest BCUT2D eigenvalue weighted by Gasteiger charge is -2.12. The van der Waals surface area contributed by atoms with Crippen molar-refractivity contribution in [3.63, 3.8) is 0 Å². The highest BCUT2D eigenvalue weighted by Gasteiger charge is 2.22. The molecule has 1 atom stereocenters. The minimum absolute atomic E-state index is 0.212. The van der Waals surface area contributed by atoms with Crippen LogP contribution in [0, 0.1) is 0 Å². The Kier molecular flexibility index (Phi) is 2.50. The van der Waals surface area contributed by atoms with Gasteiger partial charge >= 0.3 is 0 Å². The number of benzene rings is 1. The largest absolute Gasteiger partial charge is 0.391 e. The van der Waals surface area contributed by atoms with Crippen LogP contribution in [-0.2, 0) is 0 Å². The maximum atomic E-state index is 9.49. The van der Waals surface area contributed by atoms with Gasteiger partial charge in [-0.15, -0.1) is 0 Å². The Morgan fingerprint density at radius 1 is 1.50 bits per heavy atom. The van der Waals surface area contributed by atoms with Gasteiger partial charge in [0.25, 0.3) is 0 Å². The maximum absolute atomic E-state index is 9.49. The summed E-state index contributed by atoms with van der Waals surface area (Å²) in [7, 11) is 0. The molecule has 0 radical (unpaired) electrons. The van der Waals surface area contributed by atoms with E-state index in [0.717, 1.165) is 33.3 Å². The predicted octanol–water partition coefficient (Wildman–Crippen LogP) is 2.52. The van der Waals surface area contributed by atoms with Crippen molar-refractivity contribution in [2.75, 3.05) is 18.0 Å². The number of aromatic nitrogens is 1. The van der Waals surface area contributed by atoms with Gasteiger partial charge in [-0.2, -0.15) is 0 Å². The van der Waals surface area contributed by atoms with Gasteiger partial charge in [0.2, 0.25) is 0 Å². The first-order chi connectivity index (χ1) is 7.72. The molecule has 3 rings (SSSR count). The summed E-state index contributed by atoms with van der Waals surface area (Å²) in [6.07, 6.45) is 0.618. The second-order valence-corrected chi connectivity index (χ2v) is 5.44. The molecule has 3 nitrogen and oxygen atoms in total. The van der Waals surface area contributed by atoms with Crippen LogP contribution in [0.15, 0.2) is 18.2 Å². The summed E-state index contributed by atoms with van der Waals surface area (Å²) in [6.45, 7) is 1.57. The van der Waals surface area contributed by atoms with Crippen molar-refractivity contribution in [2.45, 2.75) is 12.5 Å². The highest BCUT2D eigenvalue weighted by molar-refractivity contribution is 7.22. The average Bonchev–Trinajstić information content (AvgIpc) is 2.83. The third kappa shape index (κ3) is 1.77. The molecule has 0 unspecified atom stereocenters. The lowest BCUT2D eigenvalue weighted by atomic mass is 10.3. The fraction of sp³-hybridized carbons (Fsp3) is 0.364. The third-order valence-electron chi connectivity index (χ3n) is 2.77. The zero-order valence-electron chi connectivity index (χ0n) is 8.56. The van der Waals surface area contributed by atoms with Crippen LogP contribution < -0.4 is 4.90 Å². The number of nitrogens with zero attached hydrogens (tertiary/aromatic N) is 2. The van der Waals surface area contributed by atoms with Crippen molar-refractivity contribution >= 4 is 38.3 Å².